The van der Waals surface area contributed by atoms with Crippen LogP contribution in [0.3, 0.4) is 0 Å². The van der Waals surface area contributed by atoms with E-state index < -0.39 is 17.8 Å². The molecule has 1 saturated heterocycles. The van der Waals surface area contributed by atoms with Crippen molar-refractivity contribution in [1.29, 1.82) is 0 Å². The number of hydrogen-bond donors (Lipinski definition) is 3. The third-order valence-corrected chi connectivity index (χ3v) is 6.70. The lowest BCUT2D eigenvalue weighted by atomic mass is 10.0. The van der Waals surface area contributed by atoms with Crippen LogP contribution in [0.15, 0.2) is 29.1 Å². The third-order valence-electron chi connectivity index (χ3n) is 6.49. The molecule has 3 N–H and O–H groups in total. The number of carboxylic acids is 1. The SMILES string of the molecule is C[C@H](Nc1ccc(Cl)nc1C(=O)O)c1cc(F)cc2c(=O)n(C)c(N3C[C@@H]4C(O)[C@@H]4C3)nc12. The van der Waals surface area contributed by atoms with Gasteiger partial charge in [-0.1, -0.05) is 11.6 Å². The van der Waals surface area contributed by atoms with E-state index >= 15 is 0 Å². The first-order valence-electron chi connectivity index (χ1n) is 10.4. The van der Waals surface area contributed by atoms with Crippen LogP contribution in [0.2, 0.25) is 5.15 Å². The van der Waals surface area contributed by atoms with Crippen molar-refractivity contribution in [2.75, 3.05) is 23.3 Å². The molecule has 1 aliphatic carbocycles. The Hall–Kier alpha value is -3.24. The summed E-state index contributed by atoms with van der Waals surface area (Å²) < 4.78 is 15.9. The van der Waals surface area contributed by atoms with Gasteiger partial charge in [-0.15, -0.1) is 0 Å². The lowest BCUT2D eigenvalue weighted by Gasteiger charge is -2.24. The maximum absolute atomic E-state index is 14.5. The summed E-state index contributed by atoms with van der Waals surface area (Å²) in [6.45, 7) is 2.91. The Morgan fingerprint density at radius 1 is 1.27 bits per heavy atom. The lowest BCUT2D eigenvalue weighted by Crippen LogP contribution is -2.33. The number of fused-ring (bicyclic) bond motifs is 2. The summed E-state index contributed by atoms with van der Waals surface area (Å²) in [5, 5.41) is 22.5. The Kier molecular flexibility index (Phi) is 5.02. The maximum atomic E-state index is 14.5. The molecule has 4 atom stereocenters. The standard InChI is InChI=1S/C22H21ClFN5O4/c1-9(25-15-3-4-16(23)26-18(15)21(32)33)11-5-10(24)6-12-17(11)27-22(28(2)20(12)31)29-7-13-14(8-29)19(13)30/h3-6,9,13-14,19,25,30H,7-8H2,1-2H3,(H,32,33)/t9-,13-,14+,19?/m0/s1. The number of anilines is 2. The molecule has 1 aliphatic heterocycles. The van der Waals surface area contributed by atoms with Gasteiger partial charge in [0.05, 0.1) is 28.7 Å². The molecule has 172 valence electrons. The number of rotatable bonds is 5. The highest BCUT2D eigenvalue weighted by Gasteiger charge is 2.55. The quantitative estimate of drug-likeness (QED) is 0.483. The Bertz CT molecular complexity index is 1350. The van der Waals surface area contributed by atoms with Crippen LogP contribution >= 0.6 is 11.6 Å². The first-order valence-corrected chi connectivity index (χ1v) is 10.8. The second-order valence-electron chi connectivity index (χ2n) is 8.59. The zero-order valence-corrected chi connectivity index (χ0v) is 18.5. The largest absolute Gasteiger partial charge is 0.476 e. The number of pyridine rings is 1. The predicted molar refractivity (Wildman–Crippen MR) is 120 cm³/mol. The molecule has 11 heteroatoms. The normalized spacial score (nSPS) is 22.3. The van der Waals surface area contributed by atoms with Crippen molar-refractivity contribution in [3.63, 3.8) is 0 Å². The van der Waals surface area contributed by atoms with Crippen molar-refractivity contribution < 1.29 is 19.4 Å². The van der Waals surface area contributed by atoms with Gasteiger partial charge in [0.25, 0.3) is 5.56 Å². The molecule has 1 saturated carbocycles. The zero-order valence-electron chi connectivity index (χ0n) is 17.8. The summed E-state index contributed by atoms with van der Waals surface area (Å²) in [7, 11) is 1.59. The highest BCUT2D eigenvalue weighted by atomic mass is 35.5. The van der Waals surface area contributed by atoms with Crippen LogP contribution < -0.4 is 15.8 Å². The van der Waals surface area contributed by atoms with Gasteiger partial charge in [0, 0.05) is 37.5 Å². The van der Waals surface area contributed by atoms with E-state index in [-0.39, 0.29) is 45.4 Å². The molecule has 3 aromatic rings. The van der Waals surface area contributed by atoms with Gasteiger partial charge in [0.1, 0.15) is 11.0 Å². The van der Waals surface area contributed by atoms with Crippen molar-refractivity contribution in [2.45, 2.75) is 19.1 Å². The number of benzene rings is 1. The second kappa shape index (κ2) is 7.67. The number of piperidine rings is 1. The van der Waals surface area contributed by atoms with Crippen LogP contribution in [-0.2, 0) is 7.05 Å². The van der Waals surface area contributed by atoms with Crippen LogP contribution in [0.1, 0.15) is 29.0 Å². The number of carboxylic acid groups (broad SMARTS) is 1. The van der Waals surface area contributed by atoms with Gasteiger partial charge in [0.15, 0.2) is 5.69 Å². The molecule has 3 heterocycles. The van der Waals surface area contributed by atoms with E-state index in [0.29, 0.717) is 30.1 Å². The Morgan fingerprint density at radius 2 is 1.97 bits per heavy atom. The Morgan fingerprint density at radius 3 is 2.64 bits per heavy atom. The summed E-state index contributed by atoms with van der Waals surface area (Å²) in [6.07, 6.45) is -0.302. The van der Waals surface area contributed by atoms with Gasteiger partial charge < -0.3 is 20.4 Å². The minimum atomic E-state index is -1.26. The molecule has 0 radical (unpaired) electrons. The van der Waals surface area contributed by atoms with E-state index in [1.807, 2.05) is 4.90 Å². The number of aromatic nitrogens is 3. The maximum Gasteiger partial charge on any atom is 0.356 e. The van der Waals surface area contributed by atoms with Crippen LogP contribution in [0, 0.1) is 17.7 Å². The van der Waals surface area contributed by atoms with Gasteiger partial charge in [-0.3, -0.25) is 9.36 Å². The first kappa shape index (κ1) is 21.6. The smallest absolute Gasteiger partial charge is 0.356 e. The van der Waals surface area contributed by atoms with Crippen molar-refractivity contribution >= 4 is 40.1 Å². The summed E-state index contributed by atoms with van der Waals surface area (Å²) >= 11 is 5.83. The van der Waals surface area contributed by atoms with E-state index in [0.717, 1.165) is 6.07 Å². The van der Waals surface area contributed by atoms with E-state index in [1.54, 1.807) is 14.0 Å². The van der Waals surface area contributed by atoms with Gasteiger partial charge in [0.2, 0.25) is 5.95 Å². The van der Waals surface area contributed by atoms with E-state index in [9.17, 15) is 24.2 Å². The van der Waals surface area contributed by atoms with Gasteiger partial charge >= 0.3 is 5.97 Å². The molecule has 0 bridgehead atoms. The molecular formula is C22H21ClFN5O4. The minimum Gasteiger partial charge on any atom is -0.476 e. The minimum absolute atomic E-state index is 0.0328. The number of halogens is 2. The van der Waals surface area contributed by atoms with E-state index in [4.69, 9.17) is 16.6 Å². The number of nitrogens with one attached hydrogen (secondary N) is 1. The monoisotopic (exact) mass is 473 g/mol. The topological polar surface area (TPSA) is 121 Å². The summed E-state index contributed by atoms with van der Waals surface area (Å²) in [4.78, 5) is 35.2. The summed E-state index contributed by atoms with van der Waals surface area (Å²) in [5.74, 6) is -1.06. The summed E-state index contributed by atoms with van der Waals surface area (Å²) in [6, 6.07) is 4.77. The van der Waals surface area contributed by atoms with E-state index in [1.165, 1.54) is 22.8 Å². The summed E-state index contributed by atoms with van der Waals surface area (Å²) in [5.41, 5.74) is 0.279. The van der Waals surface area contributed by atoms with Crippen molar-refractivity contribution in [1.82, 2.24) is 14.5 Å². The van der Waals surface area contributed by atoms with Crippen LogP contribution in [-0.4, -0.2) is 49.9 Å². The van der Waals surface area contributed by atoms with Gasteiger partial charge in [-0.2, -0.15) is 0 Å². The molecule has 1 aromatic carbocycles. The molecule has 0 spiro atoms. The number of carbonyl (C=O) groups is 1. The average Bonchev–Trinajstić information content (AvgIpc) is 3.17. The number of aliphatic hydroxyl groups excluding tert-OH is 1. The van der Waals surface area contributed by atoms with Gasteiger partial charge in [-0.25, -0.2) is 19.2 Å². The van der Waals surface area contributed by atoms with Crippen molar-refractivity contribution in [3.05, 3.63) is 56.8 Å². The van der Waals surface area contributed by atoms with Crippen LogP contribution in [0.25, 0.3) is 10.9 Å². The molecule has 2 fully saturated rings. The highest BCUT2D eigenvalue weighted by molar-refractivity contribution is 6.29. The van der Waals surface area contributed by atoms with Crippen LogP contribution in [0.4, 0.5) is 16.0 Å². The molecule has 2 aliphatic rings. The van der Waals surface area contributed by atoms with E-state index in [2.05, 4.69) is 10.3 Å². The molecule has 1 unspecified atom stereocenters. The highest BCUT2D eigenvalue weighted by Crippen LogP contribution is 2.46. The molecule has 5 rings (SSSR count). The second-order valence-corrected chi connectivity index (χ2v) is 8.98. The fourth-order valence-electron chi connectivity index (χ4n) is 4.65. The third kappa shape index (κ3) is 3.59. The fourth-order valence-corrected chi connectivity index (χ4v) is 4.80. The van der Waals surface area contributed by atoms with Gasteiger partial charge in [-0.05, 0) is 31.2 Å². The lowest BCUT2D eigenvalue weighted by molar-refractivity contribution is 0.0691. The molecular weight excluding hydrogens is 453 g/mol. The Labute approximate surface area is 192 Å². The fraction of sp³-hybridized carbons (Fsp3) is 0.364. The predicted octanol–water partition coefficient (Wildman–Crippen LogP) is 2.42. The zero-order chi connectivity index (χ0) is 23.6. The first-order chi connectivity index (χ1) is 15.7. The Balaban J connectivity index is 1.58. The average molecular weight is 474 g/mol. The molecule has 33 heavy (non-hydrogen) atoms. The number of hydrogen-bond acceptors (Lipinski definition) is 7. The molecule has 0 amide bonds. The number of aliphatic hydroxyl groups is 1. The van der Waals surface area contributed by atoms with Crippen LogP contribution in [0.5, 0.6) is 0 Å². The van der Waals surface area contributed by atoms with Crippen molar-refractivity contribution in [2.24, 2.45) is 18.9 Å². The number of aromatic carboxylic acids is 1. The van der Waals surface area contributed by atoms with Crippen molar-refractivity contribution in [3.8, 4) is 0 Å². The molecule has 2 aromatic heterocycles. The number of nitrogens with zero attached hydrogens (tertiary/aromatic N) is 4. The molecule has 9 nitrogen and oxygen atoms in total.